The van der Waals surface area contributed by atoms with Crippen molar-refractivity contribution in [2.45, 2.75) is 25.9 Å². The van der Waals surface area contributed by atoms with Gasteiger partial charge < -0.3 is 9.64 Å². The standard InChI is InChI=1S/C19H21NO2/c1-15-7-9-17(10-8-15)18-11-12-20(13-18)19(21)22-14-16-5-3-2-4-6-16/h2-10,18H,11-14H2,1H3. The number of ether oxygens (including phenoxy) is 1. The largest absolute Gasteiger partial charge is 0.445 e. The Morgan fingerprint density at radius 3 is 2.59 bits per heavy atom. The fourth-order valence-corrected chi connectivity index (χ4v) is 2.85. The normalized spacial score (nSPS) is 17.5. The fourth-order valence-electron chi connectivity index (χ4n) is 2.85. The van der Waals surface area contributed by atoms with Gasteiger partial charge in [-0.15, -0.1) is 0 Å². The minimum atomic E-state index is -0.210. The SMILES string of the molecule is Cc1ccc(C2CCN(C(=O)OCc3ccccc3)C2)cc1. The van der Waals surface area contributed by atoms with E-state index >= 15 is 0 Å². The molecule has 0 radical (unpaired) electrons. The summed E-state index contributed by atoms with van der Waals surface area (Å²) >= 11 is 0. The van der Waals surface area contributed by atoms with Crippen LogP contribution >= 0.6 is 0 Å². The van der Waals surface area contributed by atoms with Crippen molar-refractivity contribution in [3.05, 3.63) is 71.3 Å². The highest BCUT2D eigenvalue weighted by Crippen LogP contribution is 2.27. The van der Waals surface area contributed by atoms with Crippen LogP contribution in [-0.4, -0.2) is 24.1 Å². The van der Waals surface area contributed by atoms with Gasteiger partial charge in [-0.3, -0.25) is 0 Å². The van der Waals surface area contributed by atoms with E-state index in [-0.39, 0.29) is 6.09 Å². The molecule has 0 saturated carbocycles. The topological polar surface area (TPSA) is 29.5 Å². The predicted octanol–water partition coefficient (Wildman–Crippen LogP) is 4.12. The van der Waals surface area contributed by atoms with Gasteiger partial charge in [0.2, 0.25) is 0 Å². The lowest BCUT2D eigenvalue weighted by Gasteiger charge is -2.16. The van der Waals surface area contributed by atoms with Gasteiger partial charge in [0.05, 0.1) is 0 Å². The molecule has 1 amide bonds. The van der Waals surface area contributed by atoms with Crippen molar-refractivity contribution in [2.75, 3.05) is 13.1 Å². The third-order valence-electron chi connectivity index (χ3n) is 4.20. The Balaban J connectivity index is 1.53. The van der Waals surface area contributed by atoms with E-state index in [0.29, 0.717) is 12.5 Å². The van der Waals surface area contributed by atoms with Crippen LogP contribution in [0.1, 0.15) is 29.0 Å². The zero-order valence-corrected chi connectivity index (χ0v) is 12.9. The maximum absolute atomic E-state index is 12.2. The number of likely N-dealkylation sites (tertiary alicyclic amines) is 1. The van der Waals surface area contributed by atoms with Crippen LogP contribution in [-0.2, 0) is 11.3 Å². The summed E-state index contributed by atoms with van der Waals surface area (Å²) in [5.41, 5.74) is 3.59. The summed E-state index contributed by atoms with van der Waals surface area (Å²) in [6.45, 7) is 3.94. The smallest absolute Gasteiger partial charge is 0.410 e. The number of hydrogen-bond acceptors (Lipinski definition) is 2. The summed E-state index contributed by atoms with van der Waals surface area (Å²) in [5, 5.41) is 0. The second kappa shape index (κ2) is 6.65. The van der Waals surface area contributed by atoms with Crippen molar-refractivity contribution in [1.29, 1.82) is 0 Å². The average Bonchev–Trinajstić information content (AvgIpc) is 3.04. The molecule has 1 saturated heterocycles. The van der Waals surface area contributed by atoms with Crippen molar-refractivity contribution in [3.8, 4) is 0 Å². The van der Waals surface area contributed by atoms with Crippen LogP contribution in [0.15, 0.2) is 54.6 Å². The first-order valence-electron chi connectivity index (χ1n) is 7.74. The molecule has 22 heavy (non-hydrogen) atoms. The van der Waals surface area contributed by atoms with Gasteiger partial charge in [0.1, 0.15) is 6.61 Å². The van der Waals surface area contributed by atoms with Crippen molar-refractivity contribution >= 4 is 6.09 Å². The van der Waals surface area contributed by atoms with Crippen molar-refractivity contribution in [2.24, 2.45) is 0 Å². The van der Waals surface area contributed by atoms with E-state index in [0.717, 1.165) is 25.1 Å². The van der Waals surface area contributed by atoms with Gasteiger partial charge in [-0.05, 0) is 24.5 Å². The van der Waals surface area contributed by atoms with Gasteiger partial charge >= 0.3 is 6.09 Å². The molecule has 0 N–H and O–H groups in total. The lowest BCUT2D eigenvalue weighted by Crippen LogP contribution is -2.29. The number of hydrogen-bond donors (Lipinski definition) is 0. The molecule has 1 fully saturated rings. The van der Waals surface area contributed by atoms with Crippen LogP contribution in [0.4, 0.5) is 4.79 Å². The number of rotatable bonds is 3. The third kappa shape index (κ3) is 3.48. The van der Waals surface area contributed by atoms with Crippen LogP contribution < -0.4 is 0 Å². The molecular formula is C19H21NO2. The monoisotopic (exact) mass is 295 g/mol. The van der Waals surface area contributed by atoms with Gasteiger partial charge in [-0.25, -0.2) is 4.79 Å². The number of carbonyl (C=O) groups is 1. The number of amides is 1. The lowest BCUT2D eigenvalue weighted by molar-refractivity contribution is 0.104. The number of carbonyl (C=O) groups excluding carboxylic acids is 1. The highest BCUT2D eigenvalue weighted by molar-refractivity contribution is 5.68. The molecule has 114 valence electrons. The molecule has 1 heterocycles. The summed E-state index contributed by atoms with van der Waals surface area (Å²) in [6.07, 6.45) is 0.794. The minimum Gasteiger partial charge on any atom is -0.445 e. The number of benzene rings is 2. The second-order valence-electron chi connectivity index (χ2n) is 5.88. The molecule has 2 aromatic rings. The molecule has 0 aliphatic carbocycles. The maximum atomic E-state index is 12.2. The van der Waals surface area contributed by atoms with E-state index in [2.05, 4.69) is 31.2 Å². The van der Waals surface area contributed by atoms with Crippen molar-refractivity contribution < 1.29 is 9.53 Å². The van der Waals surface area contributed by atoms with Crippen molar-refractivity contribution in [3.63, 3.8) is 0 Å². The fraction of sp³-hybridized carbons (Fsp3) is 0.316. The number of nitrogens with zero attached hydrogens (tertiary/aromatic N) is 1. The predicted molar refractivity (Wildman–Crippen MR) is 86.7 cm³/mol. The molecule has 1 atom stereocenters. The van der Waals surface area contributed by atoms with Gasteiger partial charge in [0, 0.05) is 19.0 Å². The maximum Gasteiger partial charge on any atom is 0.410 e. The summed E-state index contributed by atoms with van der Waals surface area (Å²) in [7, 11) is 0. The van der Waals surface area contributed by atoms with E-state index in [4.69, 9.17) is 4.74 Å². The van der Waals surface area contributed by atoms with Crippen LogP contribution in [0.2, 0.25) is 0 Å². The summed E-state index contributed by atoms with van der Waals surface area (Å²) < 4.78 is 5.40. The first-order chi connectivity index (χ1) is 10.7. The van der Waals surface area contributed by atoms with Gasteiger partial charge in [-0.1, -0.05) is 60.2 Å². The van der Waals surface area contributed by atoms with E-state index in [1.54, 1.807) is 0 Å². The van der Waals surface area contributed by atoms with Gasteiger partial charge in [-0.2, -0.15) is 0 Å². The third-order valence-corrected chi connectivity index (χ3v) is 4.20. The first-order valence-corrected chi connectivity index (χ1v) is 7.74. The molecule has 1 aliphatic rings. The summed E-state index contributed by atoms with van der Waals surface area (Å²) in [4.78, 5) is 14.0. The van der Waals surface area contributed by atoms with E-state index in [9.17, 15) is 4.79 Å². The van der Waals surface area contributed by atoms with Crippen LogP contribution in [0.5, 0.6) is 0 Å². The molecular weight excluding hydrogens is 274 g/mol. The highest BCUT2D eigenvalue weighted by Gasteiger charge is 2.28. The van der Waals surface area contributed by atoms with Crippen LogP contribution in [0.3, 0.4) is 0 Å². The van der Waals surface area contributed by atoms with Gasteiger partial charge in [0.25, 0.3) is 0 Å². The quantitative estimate of drug-likeness (QED) is 0.852. The molecule has 3 rings (SSSR count). The van der Waals surface area contributed by atoms with E-state index in [1.165, 1.54) is 11.1 Å². The van der Waals surface area contributed by atoms with Crippen molar-refractivity contribution in [1.82, 2.24) is 4.90 Å². The Morgan fingerprint density at radius 2 is 1.86 bits per heavy atom. The van der Waals surface area contributed by atoms with E-state index in [1.807, 2.05) is 35.2 Å². The molecule has 2 aromatic carbocycles. The Bertz CT molecular complexity index is 622. The summed E-state index contributed by atoms with van der Waals surface area (Å²) in [6, 6.07) is 18.4. The number of aryl methyl sites for hydroxylation is 1. The lowest BCUT2D eigenvalue weighted by atomic mass is 9.98. The second-order valence-corrected chi connectivity index (χ2v) is 5.88. The average molecular weight is 295 g/mol. The van der Waals surface area contributed by atoms with E-state index < -0.39 is 0 Å². The molecule has 0 spiro atoms. The zero-order valence-electron chi connectivity index (χ0n) is 12.9. The Morgan fingerprint density at radius 1 is 1.14 bits per heavy atom. The van der Waals surface area contributed by atoms with Crippen LogP contribution in [0, 0.1) is 6.92 Å². The molecule has 1 unspecified atom stereocenters. The Kier molecular flexibility index (Phi) is 4.42. The molecule has 3 heteroatoms. The first kappa shape index (κ1) is 14.6. The zero-order chi connectivity index (χ0) is 15.4. The van der Waals surface area contributed by atoms with Crippen LogP contribution in [0.25, 0.3) is 0 Å². The minimum absolute atomic E-state index is 0.210. The molecule has 0 aromatic heterocycles. The molecule has 0 bridgehead atoms. The van der Waals surface area contributed by atoms with Gasteiger partial charge in [0.15, 0.2) is 0 Å². The Labute approximate surface area is 131 Å². The Hall–Kier alpha value is -2.29. The molecule has 3 nitrogen and oxygen atoms in total. The highest BCUT2D eigenvalue weighted by atomic mass is 16.6. The molecule has 1 aliphatic heterocycles. The summed E-state index contributed by atoms with van der Waals surface area (Å²) in [5.74, 6) is 0.421.